The molecular weight excluding hydrogens is 195 g/mol. The number of nitrogens with two attached hydrogens (primary N) is 1. The second-order valence-corrected chi connectivity index (χ2v) is 2.73. The maximum atomic E-state index is 7.32. The van der Waals surface area contributed by atoms with Gasteiger partial charge in [-0.25, -0.2) is 0 Å². The van der Waals surface area contributed by atoms with Crippen molar-refractivity contribution in [1.29, 1.82) is 5.26 Å². The van der Waals surface area contributed by atoms with Gasteiger partial charge in [0.25, 0.3) is 0 Å². The van der Waals surface area contributed by atoms with E-state index in [0.717, 1.165) is 0 Å². The molecule has 0 aliphatic rings. The number of anilines is 1. The lowest BCUT2D eigenvalue weighted by molar-refractivity contribution is 1.49. The number of hydrogen-bond acceptors (Lipinski definition) is 2. The summed E-state index contributed by atoms with van der Waals surface area (Å²) in [6.45, 7) is 1.43. The van der Waals surface area contributed by atoms with Crippen molar-refractivity contribution in [2.75, 3.05) is 5.73 Å². The van der Waals surface area contributed by atoms with Gasteiger partial charge in [-0.3, -0.25) is 0 Å². The normalized spacial score (nSPS) is 7.83. The van der Waals surface area contributed by atoms with Gasteiger partial charge < -0.3 is 5.73 Å². The molecule has 64 valence electrons. The quantitative estimate of drug-likeness (QED) is 0.658. The summed E-state index contributed by atoms with van der Waals surface area (Å²) in [5.74, 6) is 0. The number of benzene rings is 1. The third kappa shape index (κ3) is 4.07. The van der Waals surface area contributed by atoms with Crippen LogP contribution in [0.2, 0.25) is 10.0 Å². The predicted octanol–water partition coefficient (Wildman–Crippen LogP) is 3.11. The van der Waals surface area contributed by atoms with Crippen LogP contribution in [0.15, 0.2) is 18.2 Å². The Morgan fingerprint density at radius 2 is 1.92 bits per heavy atom. The smallest absolute Gasteiger partial charge is 0.0650 e. The van der Waals surface area contributed by atoms with Crippen LogP contribution in [0.1, 0.15) is 6.92 Å². The molecule has 2 N–H and O–H groups in total. The molecule has 0 spiro atoms. The highest BCUT2D eigenvalue weighted by Gasteiger charge is 1.93. The van der Waals surface area contributed by atoms with Gasteiger partial charge in [0.1, 0.15) is 0 Å². The van der Waals surface area contributed by atoms with Crippen LogP contribution in [-0.2, 0) is 0 Å². The predicted molar refractivity (Wildman–Crippen MR) is 52.2 cm³/mol. The van der Waals surface area contributed by atoms with E-state index in [1.807, 2.05) is 0 Å². The molecule has 1 aromatic carbocycles. The summed E-state index contributed by atoms with van der Waals surface area (Å²) in [6, 6.07) is 6.73. The summed E-state index contributed by atoms with van der Waals surface area (Å²) in [5, 5.41) is 8.43. The highest BCUT2D eigenvalue weighted by atomic mass is 35.5. The lowest BCUT2D eigenvalue weighted by Crippen LogP contribution is -1.83. The van der Waals surface area contributed by atoms with Crippen LogP contribution in [0.4, 0.5) is 5.69 Å². The zero-order chi connectivity index (χ0) is 9.56. The van der Waals surface area contributed by atoms with Crippen molar-refractivity contribution in [1.82, 2.24) is 0 Å². The number of halogens is 2. The molecule has 0 saturated heterocycles. The summed E-state index contributed by atoms with van der Waals surface area (Å²) in [4.78, 5) is 0. The van der Waals surface area contributed by atoms with E-state index < -0.39 is 0 Å². The van der Waals surface area contributed by atoms with Gasteiger partial charge in [-0.05, 0) is 18.2 Å². The SMILES string of the molecule is CC#N.Nc1ccc(Cl)cc1Cl. The molecule has 1 aromatic rings. The van der Waals surface area contributed by atoms with Crippen LogP contribution in [0.5, 0.6) is 0 Å². The van der Waals surface area contributed by atoms with Crippen LogP contribution in [0.25, 0.3) is 0 Å². The average molecular weight is 203 g/mol. The summed E-state index contributed by atoms with van der Waals surface area (Å²) in [7, 11) is 0. The van der Waals surface area contributed by atoms with Crippen molar-refractivity contribution >= 4 is 28.9 Å². The van der Waals surface area contributed by atoms with E-state index in [1.54, 1.807) is 24.3 Å². The first-order valence-corrected chi connectivity index (χ1v) is 3.88. The Kier molecular flexibility index (Phi) is 5.27. The molecule has 0 saturated carbocycles. The van der Waals surface area contributed by atoms with E-state index in [-0.39, 0.29) is 0 Å². The lowest BCUT2D eigenvalue weighted by atomic mass is 10.3. The maximum Gasteiger partial charge on any atom is 0.0650 e. The Balaban J connectivity index is 0.000000354. The van der Waals surface area contributed by atoms with E-state index in [2.05, 4.69) is 0 Å². The molecular formula is C8H8Cl2N2. The summed E-state index contributed by atoms with van der Waals surface area (Å²) in [5.41, 5.74) is 5.95. The fourth-order valence-electron chi connectivity index (χ4n) is 0.502. The largest absolute Gasteiger partial charge is 0.398 e. The van der Waals surface area contributed by atoms with E-state index in [0.29, 0.717) is 15.7 Å². The number of hydrogen-bond donors (Lipinski definition) is 1. The Morgan fingerprint density at radius 1 is 1.42 bits per heavy atom. The second kappa shape index (κ2) is 5.70. The Morgan fingerprint density at radius 3 is 2.25 bits per heavy atom. The average Bonchev–Trinajstić information content (AvgIpc) is 1.99. The number of nitrogen functional groups attached to an aromatic ring is 1. The number of nitrogens with zero attached hydrogens (tertiary/aromatic N) is 1. The molecule has 0 fully saturated rings. The number of nitriles is 1. The molecule has 12 heavy (non-hydrogen) atoms. The van der Waals surface area contributed by atoms with E-state index in [9.17, 15) is 0 Å². The monoisotopic (exact) mass is 202 g/mol. The molecule has 0 aromatic heterocycles. The van der Waals surface area contributed by atoms with Gasteiger partial charge in [0.15, 0.2) is 0 Å². The first-order chi connectivity index (χ1) is 5.61. The van der Waals surface area contributed by atoms with Crippen molar-refractivity contribution in [3.05, 3.63) is 28.2 Å². The second-order valence-electron chi connectivity index (χ2n) is 1.89. The Labute approximate surface area is 81.5 Å². The van der Waals surface area contributed by atoms with Crippen molar-refractivity contribution in [3.63, 3.8) is 0 Å². The molecule has 0 aliphatic heterocycles. The minimum absolute atomic E-state index is 0.502. The fraction of sp³-hybridized carbons (Fsp3) is 0.125. The van der Waals surface area contributed by atoms with E-state index in [4.69, 9.17) is 34.2 Å². The topological polar surface area (TPSA) is 49.8 Å². The zero-order valence-electron chi connectivity index (χ0n) is 6.51. The van der Waals surface area contributed by atoms with Gasteiger partial charge in [-0.15, -0.1) is 0 Å². The van der Waals surface area contributed by atoms with Crippen LogP contribution in [-0.4, -0.2) is 0 Å². The molecule has 0 heterocycles. The minimum Gasteiger partial charge on any atom is -0.398 e. The van der Waals surface area contributed by atoms with Crippen molar-refractivity contribution < 1.29 is 0 Å². The minimum atomic E-state index is 0.502. The molecule has 1 rings (SSSR count). The van der Waals surface area contributed by atoms with Gasteiger partial charge in [0, 0.05) is 11.9 Å². The summed E-state index contributed by atoms with van der Waals surface area (Å²) < 4.78 is 0. The van der Waals surface area contributed by atoms with Crippen molar-refractivity contribution in [2.45, 2.75) is 6.92 Å². The standard InChI is InChI=1S/C6H5Cl2N.C2H3N/c7-4-1-2-6(9)5(8)3-4;1-2-3/h1-3H,9H2;1H3. The third-order valence-electron chi connectivity index (χ3n) is 0.962. The maximum absolute atomic E-state index is 7.32. The van der Waals surface area contributed by atoms with Gasteiger partial charge in [-0.2, -0.15) is 5.26 Å². The zero-order valence-corrected chi connectivity index (χ0v) is 8.02. The van der Waals surface area contributed by atoms with Crippen LogP contribution in [0, 0.1) is 11.3 Å². The summed E-state index contributed by atoms with van der Waals surface area (Å²) >= 11 is 11.2. The van der Waals surface area contributed by atoms with Gasteiger partial charge in [-0.1, -0.05) is 23.2 Å². The first-order valence-electron chi connectivity index (χ1n) is 3.13. The molecule has 4 heteroatoms. The van der Waals surface area contributed by atoms with Crippen molar-refractivity contribution in [3.8, 4) is 6.07 Å². The molecule has 0 amide bonds. The van der Waals surface area contributed by atoms with Crippen LogP contribution >= 0.6 is 23.2 Å². The van der Waals surface area contributed by atoms with E-state index >= 15 is 0 Å². The van der Waals surface area contributed by atoms with Crippen LogP contribution in [0.3, 0.4) is 0 Å². The molecule has 2 nitrogen and oxygen atoms in total. The summed E-state index contributed by atoms with van der Waals surface area (Å²) in [6.07, 6.45) is 0. The highest BCUT2D eigenvalue weighted by Crippen LogP contribution is 2.21. The molecule has 0 aliphatic carbocycles. The molecule has 0 bridgehead atoms. The first kappa shape index (κ1) is 11.1. The lowest BCUT2D eigenvalue weighted by Gasteiger charge is -1.94. The van der Waals surface area contributed by atoms with Crippen molar-refractivity contribution in [2.24, 2.45) is 0 Å². The third-order valence-corrected chi connectivity index (χ3v) is 1.52. The molecule has 0 atom stereocenters. The van der Waals surface area contributed by atoms with Gasteiger partial charge in [0.2, 0.25) is 0 Å². The highest BCUT2D eigenvalue weighted by molar-refractivity contribution is 6.36. The number of rotatable bonds is 0. The van der Waals surface area contributed by atoms with Gasteiger partial charge >= 0.3 is 0 Å². The fourth-order valence-corrected chi connectivity index (χ4v) is 0.910. The Hall–Kier alpha value is -0.910. The molecule has 0 unspecified atom stereocenters. The Bertz CT molecular complexity index is 292. The van der Waals surface area contributed by atoms with Crippen LogP contribution < -0.4 is 5.73 Å². The molecule has 0 radical (unpaired) electrons. The van der Waals surface area contributed by atoms with E-state index in [1.165, 1.54) is 6.92 Å². The van der Waals surface area contributed by atoms with Gasteiger partial charge in [0.05, 0.1) is 16.8 Å².